The summed E-state index contributed by atoms with van der Waals surface area (Å²) >= 11 is 0. The highest BCUT2D eigenvalue weighted by Gasteiger charge is 2.00. The van der Waals surface area contributed by atoms with Crippen LogP contribution >= 0.6 is 24.0 Å². The van der Waals surface area contributed by atoms with Gasteiger partial charge in [-0.05, 0) is 46.6 Å². The average molecular weight is 419 g/mol. The zero-order valence-corrected chi connectivity index (χ0v) is 16.6. The van der Waals surface area contributed by atoms with Crippen molar-refractivity contribution in [3.63, 3.8) is 0 Å². The molecular weight excluding hydrogens is 389 g/mol. The summed E-state index contributed by atoms with van der Waals surface area (Å²) in [4.78, 5) is 4.59. The minimum absolute atomic E-state index is 0. The van der Waals surface area contributed by atoms with Gasteiger partial charge in [0.05, 0.1) is 5.69 Å². The molecule has 0 atom stereocenters. The third-order valence-corrected chi connectivity index (χ3v) is 3.08. The lowest BCUT2D eigenvalue weighted by molar-refractivity contribution is 0.567. The summed E-state index contributed by atoms with van der Waals surface area (Å²) < 4.78 is 2.05. The van der Waals surface area contributed by atoms with E-state index in [0.29, 0.717) is 0 Å². The van der Waals surface area contributed by atoms with Crippen LogP contribution in [-0.4, -0.2) is 35.4 Å². The minimum atomic E-state index is 0. The second kappa shape index (κ2) is 12.5. The fourth-order valence-corrected chi connectivity index (χ4v) is 2.09. The summed E-state index contributed by atoms with van der Waals surface area (Å²) in [6.45, 7) is 11.8. The number of hydrogen-bond acceptors (Lipinski definition) is 2. The van der Waals surface area contributed by atoms with Gasteiger partial charge in [0.15, 0.2) is 5.96 Å². The van der Waals surface area contributed by atoms with Gasteiger partial charge in [-0.1, -0.05) is 12.2 Å². The Bertz CT molecular complexity index is 465. The number of guanidine groups is 1. The van der Waals surface area contributed by atoms with Gasteiger partial charge in [-0.3, -0.25) is 9.67 Å². The van der Waals surface area contributed by atoms with Crippen molar-refractivity contribution < 1.29 is 0 Å². The Morgan fingerprint density at radius 1 is 1.36 bits per heavy atom. The summed E-state index contributed by atoms with van der Waals surface area (Å²) in [5.74, 6) is 0.898. The maximum absolute atomic E-state index is 4.59. The van der Waals surface area contributed by atoms with Crippen LogP contribution in [0.2, 0.25) is 0 Å². The molecular formula is C16H30IN5. The van der Waals surface area contributed by atoms with Crippen LogP contribution in [-0.2, 0) is 6.54 Å². The Kier molecular flexibility index (Phi) is 11.9. The van der Waals surface area contributed by atoms with Gasteiger partial charge in [0, 0.05) is 31.9 Å². The molecule has 0 saturated heterocycles. The SMILES string of the molecule is C/C=C/CCNC(=NCCCn1nc(C)cc1C)NCC.I. The fraction of sp³-hybridized carbons (Fsp3) is 0.625. The first-order chi connectivity index (χ1) is 10.2. The van der Waals surface area contributed by atoms with Crippen molar-refractivity contribution in [3.8, 4) is 0 Å². The average Bonchev–Trinajstić information content (AvgIpc) is 2.77. The van der Waals surface area contributed by atoms with E-state index in [1.54, 1.807) is 0 Å². The Balaban J connectivity index is 0.00000441. The molecule has 0 aromatic carbocycles. The molecule has 0 amide bonds. The van der Waals surface area contributed by atoms with E-state index in [1.165, 1.54) is 5.69 Å². The highest BCUT2D eigenvalue weighted by Crippen LogP contribution is 2.02. The number of aryl methyl sites for hydroxylation is 3. The number of halogens is 1. The van der Waals surface area contributed by atoms with Gasteiger partial charge in [-0.15, -0.1) is 24.0 Å². The van der Waals surface area contributed by atoms with Crippen molar-refractivity contribution in [2.75, 3.05) is 19.6 Å². The molecule has 0 unspecified atom stereocenters. The summed E-state index contributed by atoms with van der Waals surface area (Å²) in [6.07, 6.45) is 6.24. The molecule has 0 aliphatic carbocycles. The van der Waals surface area contributed by atoms with Gasteiger partial charge in [0.2, 0.25) is 0 Å². The minimum Gasteiger partial charge on any atom is -0.357 e. The number of allylic oxidation sites excluding steroid dienone is 1. The summed E-state index contributed by atoms with van der Waals surface area (Å²) in [6, 6.07) is 2.11. The quantitative estimate of drug-likeness (QED) is 0.224. The Labute approximate surface area is 151 Å². The van der Waals surface area contributed by atoms with Gasteiger partial charge in [0.1, 0.15) is 0 Å². The number of rotatable bonds is 8. The predicted molar refractivity (Wildman–Crippen MR) is 105 cm³/mol. The lowest BCUT2D eigenvalue weighted by Gasteiger charge is -2.10. The van der Waals surface area contributed by atoms with Crippen LogP contribution in [0.5, 0.6) is 0 Å². The standard InChI is InChI=1S/C16H29N5.HI/c1-5-7-8-10-18-16(17-6-2)19-11-9-12-21-15(4)13-14(3)20-21;/h5,7,13H,6,8-12H2,1-4H3,(H2,17,18,19);1H/b7-5+;. The zero-order chi connectivity index (χ0) is 15.5. The molecule has 22 heavy (non-hydrogen) atoms. The maximum atomic E-state index is 4.59. The first kappa shape index (κ1) is 20.9. The molecule has 1 aromatic rings. The molecule has 1 heterocycles. The summed E-state index contributed by atoms with van der Waals surface area (Å²) in [7, 11) is 0. The van der Waals surface area contributed by atoms with E-state index in [9.17, 15) is 0 Å². The number of hydrogen-bond donors (Lipinski definition) is 2. The van der Waals surface area contributed by atoms with E-state index in [-0.39, 0.29) is 24.0 Å². The van der Waals surface area contributed by atoms with Crippen LogP contribution in [0.4, 0.5) is 0 Å². The van der Waals surface area contributed by atoms with Crippen molar-refractivity contribution in [2.24, 2.45) is 4.99 Å². The Morgan fingerprint density at radius 2 is 2.14 bits per heavy atom. The molecule has 0 fully saturated rings. The Hall–Kier alpha value is -1.05. The molecule has 5 nitrogen and oxygen atoms in total. The van der Waals surface area contributed by atoms with Crippen LogP contribution in [0.1, 0.15) is 38.1 Å². The molecule has 0 spiro atoms. The molecule has 0 saturated carbocycles. The molecule has 126 valence electrons. The molecule has 1 aromatic heterocycles. The van der Waals surface area contributed by atoms with Gasteiger partial charge < -0.3 is 10.6 Å². The van der Waals surface area contributed by atoms with Crippen molar-refractivity contribution in [1.29, 1.82) is 0 Å². The third-order valence-electron chi connectivity index (χ3n) is 3.08. The fourth-order valence-electron chi connectivity index (χ4n) is 2.09. The lowest BCUT2D eigenvalue weighted by Crippen LogP contribution is -2.37. The molecule has 0 aliphatic heterocycles. The molecule has 0 bridgehead atoms. The monoisotopic (exact) mass is 419 g/mol. The van der Waals surface area contributed by atoms with Gasteiger partial charge in [-0.2, -0.15) is 5.10 Å². The molecule has 6 heteroatoms. The van der Waals surface area contributed by atoms with Crippen LogP contribution < -0.4 is 10.6 Å². The van der Waals surface area contributed by atoms with Gasteiger partial charge >= 0.3 is 0 Å². The zero-order valence-electron chi connectivity index (χ0n) is 14.2. The van der Waals surface area contributed by atoms with Crippen LogP contribution in [0.3, 0.4) is 0 Å². The van der Waals surface area contributed by atoms with Crippen molar-refractivity contribution >= 4 is 29.9 Å². The number of nitrogens with zero attached hydrogens (tertiary/aromatic N) is 3. The normalized spacial score (nSPS) is 11.5. The van der Waals surface area contributed by atoms with Crippen molar-refractivity contribution in [2.45, 2.75) is 47.1 Å². The molecule has 0 radical (unpaired) electrons. The first-order valence-corrected chi connectivity index (χ1v) is 7.81. The second-order valence-electron chi connectivity index (χ2n) is 5.05. The third kappa shape index (κ3) is 8.41. The van der Waals surface area contributed by atoms with Gasteiger partial charge in [-0.25, -0.2) is 0 Å². The highest BCUT2D eigenvalue weighted by molar-refractivity contribution is 14.0. The second-order valence-corrected chi connectivity index (χ2v) is 5.05. The topological polar surface area (TPSA) is 54.2 Å². The molecule has 1 rings (SSSR count). The Morgan fingerprint density at radius 3 is 2.73 bits per heavy atom. The predicted octanol–water partition coefficient (Wildman–Crippen LogP) is 3.03. The number of aromatic nitrogens is 2. The smallest absolute Gasteiger partial charge is 0.191 e. The van der Waals surface area contributed by atoms with Crippen molar-refractivity contribution in [1.82, 2.24) is 20.4 Å². The summed E-state index contributed by atoms with van der Waals surface area (Å²) in [5.41, 5.74) is 2.29. The van der Waals surface area contributed by atoms with E-state index in [2.05, 4.69) is 57.5 Å². The van der Waals surface area contributed by atoms with Crippen molar-refractivity contribution in [3.05, 3.63) is 29.6 Å². The molecule has 2 N–H and O–H groups in total. The maximum Gasteiger partial charge on any atom is 0.191 e. The van der Waals surface area contributed by atoms with Crippen LogP contribution in [0, 0.1) is 13.8 Å². The molecule has 0 aliphatic rings. The lowest BCUT2D eigenvalue weighted by atomic mass is 10.4. The van der Waals surface area contributed by atoms with Crippen LogP contribution in [0.15, 0.2) is 23.2 Å². The largest absolute Gasteiger partial charge is 0.357 e. The van der Waals surface area contributed by atoms with E-state index < -0.39 is 0 Å². The van der Waals surface area contributed by atoms with Crippen LogP contribution in [0.25, 0.3) is 0 Å². The number of aliphatic imine (C=N–C) groups is 1. The van der Waals surface area contributed by atoms with E-state index in [0.717, 1.165) is 50.7 Å². The van der Waals surface area contributed by atoms with E-state index in [4.69, 9.17) is 0 Å². The number of nitrogens with one attached hydrogen (secondary N) is 2. The highest BCUT2D eigenvalue weighted by atomic mass is 127. The van der Waals surface area contributed by atoms with E-state index in [1.807, 2.05) is 13.8 Å². The van der Waals surface area contributed by atoms with Gasteiger partial charge in [0.25, 0.3) is 0 Å². The first-order valence-electron chi connectivity index (χ1n) is 7.81. The van der Waals surface area contributed by atoms with E-state index >= 15 is 0 Å². The summed E-state index contributed by atoms with van der Waals surface area (Å²) in [5, 5.41) is 11.1.